The summed E-state index contributed by atoms with van der Waals surface area (Å²) in [6.07, 6.45) is 12.8. The summed E-state index contributed by atoms with van der Waals surface area (Å²) in [5.41, 5.74) is 9.27. The van der Waals surface area contributed by atoms with Crippen LogP contribution in [0.4, 0.5) is 0 Å². The molecule has 1 fully saturated rings. The predicted molar refractivity (Wildman–Crippen MR) is 153 cm³/mol. The molecule has 1 saturated carbocycles. The monoisotopic (exact) mass is 543 g/mol. The molecule has 3 aromatic heterocycles. The lowest BCUT2D eigenvalue weighted by atomic mass is 9.87. The van der Waals surface area contributed by atoms with E-state index in [1.54, 1.807) is 18.5 Å². The van der Waals surface area contributed by atoms with Crippen molar-refractivity contribution in [2.24, 2.45) is 11.7 Å². The van der Waals surface area contributed by atoms with Gasteiger partial charge in [0.15, 0.2) is 0 Å². The van der Waals surface area contributed by atoms with Crippen LogP contribution in [0.5, 0.6) is 11.6 Å². The number of imidazole rings is 1. The van der Waals surface area contributed by atoms with Crippen LogP contribution < -0.4 is 15.8 Å². The van der Waals surface area contributed by atoms with Gasteiger partial charge in [0.1, 0.15) is 17.0 Å². The first kappa shape index (κ1) is 26.7. The lowest BCUT2D eigenvalue weighted by Crippen LogP contribution is -2.37. The smallest absolute Gasteiger partial charge is 0.255 e. The zero-order valence-electron chi connectivity index (χ0n) is 22.2. The molecule has 39 heavy (non-hydrogen) atoms. The van der Waals surface area contributed by atoms with Gasteiger partial charge in [-0.2, -0.15) is 0 Å². The Labute approximate surface area is 232 Å². The normalized spacial score (nSPS) is 18.1. The highest BCUT2D eigenvalue weighted by Crippen LogP contribution is 2.35. The maximum absolute atomic E-state index is 12.3. The second-order valence-corrected chi connectivity index (χ2v) is 11.3. The number of thioether (sulfide) groups is 1. The minimum Gasteiger partial charge on any atom is -0.438 e. The van der Waals surface area contributed by atoms with Crippen molar-refractivity contribution in [1.29, 1.82) is 0 Å². The zero-order valence-corrected chi connectivity index (χ0v) is 23.0. The maximum atomic E-state index is 12.3. The Morgan fingerprint density at radius 2 is 1.90 bits per heavy atom. The summed E-state index contributed by atoms with van der Waals surface area (Å²) in [6, 6.07) is 11.7. The largest absolute Gasteiger partial charge is 0.438 e. The van der Waals surface area contributed by atoms with Gasteiger partial charge in [-0.1, -0.05) is 13.0 Å². The third-order valence-corrected chi connectivity index (χ3v) is 8.25. The first-order chi connectivity index (χ1) is 18.9. The van der Waals surface area contributed by atoms with Crippen LogP contribution in [0.1, 0.15) is 64.4 Å². The van der Waals surface area contributed by atoms with Crippen LogP contribution in [-0.4, -0.2) is 38.0 Å². The van der Waals surface area contributed by atoms with Gasteiger partial charge in [-0.25, -0.2) is 9.97 Å². The van der Waals surface area contributed by atoms with Gasteiger partial charge < -0.3 is 20.2 Å². The number of aromatic nitrogens is 3. The van der Waals surface area contributed by atoms with Crippen molar-refractivity contribution < 1.29 is 14.3 Å². The Hall–Kier alpha value is -3.85. The van der Waals surface area contributed by atoms with Crippen LogP contribution in [0.2, 0.25) is 0 Å². The summed E-state index contributed by atoms with van der Waals surface area (Å²) in [7, 11) is 0. The molecule has 202 valence electrons. The van der Waals surface area contributed by atoms with Crippen LogP contribution in [0.25, 0.3) is 5.65 Å². The predicted octanol–water partition coefficient (Wildman–Crippen LogP) is 5.57. The van der Waals surface area contributed by atoms with E-state index in [9.17, 15) is 9.59 Å². The van der Waals surface area contributed by atoms with E-state index in [-0.39, 0.29) is 11.8 Å². The fraction of sp³-hybridized carbons (Fsp3) is 0.333. The number of primary amides is 1. The molecule has 9 heteroatoms. The van der Waals surface area contributed by atoms with Crippen LogP contribution in [-0.2, 0) is 6.42 Å². The SMILES string of the molecule is CC1CCC(NC(=O)c2cccn3ccnc23)CC1.Cc1cnc(Oc2ccc3c(c2)SCC3)c(C(N)=O)c1. The Morgan fingerprint density at radius 3 is 2.69 bits per heavy atom. The zero-order chi connectivity index (χ0) is 27.4. The molecule has 0 radical (unpaired) electrons. The van der Waals surface area contributed by atoms with Crippen LogP contribution in [0.3, 0.4) is 0 Å². The van der Waals surface area contributed by atoms with Crippen molar-refractivity contribution in [2.45, 2.75) is 56.9 Å². The molecule has 1 aliphatic heterocycles. The molecule has 2 amide bonds. The molecular formula is C30H33N5O3S. The van der Waals surface area contributed by atoms with Gasteiger partial charge in [-0.3, -0.25) is 9.59 Å². The van der Waals surface area contributed by atoms with E-state index >= 15 is 0 Å². The standard InChI is InChI=1S/C15H19N3O.C15H14N2O2S/c1-11-4-6-12(7-5-11)17-15(19)13-3-2-9-18-10-8-16-14(13)18;1-9-6-12(14(16)18)15(17-8-9)19-11-3-2-10-4-5-20-13(10)7-11/h2-3,8-12H,4-7H2,1H3,(H,17,19);2-3,6-8H,4-5H2,1H3,(H2,16,18). The van der Waals surface area contributed by atoms with Crippen LogP contribution >= 0.6 is 11.8 Å². The summed E-state index contributed by atoms with van der Waals surface area (Å²) in [5, 5.41) is 3.15. The fourth-order valence-corrected chi connectivity index (χ4v) is 6.03. The van der Waals surface area contributed by atoms with E-state index in [4.69, 9.17) is 10.5 Å². The minimum absolute atomic E-state index is 0.00338. The molecule has 4 aromatic rings. The highest BCUT2D eigenvalue weighted by atomic mass is 32.2. The first-order valence-electron chi connectivity index (χ1n) is 13.3. The van der Waals surface area contributed by atoms with Crippen molar-refractivity contribution in [3.63, 3.8) is 0 Å². The van der Waals surface area contributed by atoms with Crippen LogP contribution in [0, 0.1) is 12.8 Å². The van der Waals surface area contributed by atoms with Gasteiger partial charge in [-0.15, -0.1) is 11.8 Å². The van der Waals surface area contributed by atoms with Gasteiger partial charge in [-0.05, 0) is 86.4 Å². The summed E-state index contributed by atoms with van der Waals surface area (Å²) in [5.74, 6) is 2.30. The minimum atomic E-state index is -0.535. The van der Waals surface area contributed by atoms with Crippen molar-refractivity contribution in [2.75, 3.05) is 5.75 Å². The average Bonchev–Trinajstić information content (AvgIpc) is 3.60. The maximum Gasteiger partial charge on any atom is 0.255 e. The lowest BCUT2D eigenvalue weighted by molar-refractivity contribution is 0.0923. The molecule has 3 N–H and O–H groups in total. The topological polar surface area (TPSA) is 112 Å². The Bertz CT molecular complexity index is 1490. The Kier molecular flexibility index (Phi) is 8.16. The van der Waals surface area contributed by atoms with Crippen molar-refractivity contribution in [1.82, 2.24) is 19.7 Å². The number of hydrogen-bond donors (Lipinski definition) is 2. The number of carbonyl (C=O) groups is 2. The van der Waals surface area contributed by atoms with Gasteiger partial charge in [0.05, 0.1) is 5.56 Å². The summed E-state index contributed by atoms with van der Waals surface area (Å²) in [6.45, 7) is 4.14. The van der Waals surface area contributed by atoms with Crippen LogP contribution in [0.15, 0.2) is 66.1 Å². The van der Waals surface area contributed by atoms with E-state index in [0.717, 1.165) is 42.1 Å². The molecule has 8 nitrogen and oxygen atoms in total. The number of ether oxygens (including phenoxy) is 1. The van der Waals surface area contributed by atoms with Crippen molar-refractivity contribution >= 4 is 29.2 Å². The third kappa shape index (κ3) is 6.42. The molecular weight excluding hydrogens is 510 g/mol. The molecule has 0 bridgehead atoms. The molecule has 6 rings (SSSR count). The molecule has 0 spiro atoms. The molecule has 4 heterocycles. The lowest BCUT2D eigenvalue weighted by Gasteiger charge is -2.26. The highest BCUT2D eigenvalue weighted by molar-refractivity contribution is 7.99. The van der Waals surface area contributed by atoms with E-state index in [0.29, 0.717) is 22.9 Å². The summed E-state index contributed by atoms with van der Waals surface area (Å²) < 4.78 is 7.60. The number of amides is 2. The molecule has 2 aliphatic rings. The Balaban J connectivity index is 0.000000158. The third-order valence-electron chi connectivity index (χ3n) is 7.15. The number of benzene rings is 1. The Morgan fingerprint density at radius 1 is 1.08 bits per heavy atom. The molecule has 0 saturated heterocycles. The number of nitrogens with one attached hydrogen (secondary N) is 1. The molecule has 0 atom stereocenters. The summed E-state index contributed by atoms with van der Waals surface area (Å²) in [4.78, 5) is 33.4. The number of rotatable bonds is 5. The van der Waals surface area contributed by atoms with Gasteiger partial charge in [0, 0.05) is 41.5 Å². The number of aryl methyl sites for hydroxylation is 2. The van der Waals surface area contributed by atoms with E-state index in [1.807, 2.05) is 59.7 Å². The molecule has 1 aliphatic carbocycles. The number of fused-ring (bicyclic) bond motifs is 2. The van der Waals surface area contributed by atoms with E-state index < -0.39 is 5.91 Å². The number of nitrogens with zero attached hydrogens (tertiary/aromatic N) is 3. The fourth-order valence-electron chi connectivity index (χ4n) is 4.93. The number of nitrogens with two attached hydrogens (primary N) is 1. The number of hydrogen-bond acceptors (Lipinski definition) is 6. The highest BCUT2D eigenvalue weighted by Gasteiger charge is 2.21. The number of carbonyl (C=O) groups excluding carboxylic acids is 2. The van der Waals surface area contributed by atoms with E-state index in [2.05, 4.69) is 28.3 Å². The second-order valence-electron chi connectivity index (χ2n) is 10.2. The van der Waals surface area contributed by atoms with Gasteiger partial charge in [0.2, 0.25) is 5.88 Å². The van der Waals surface area contributed by atoms with E-state index in [1.165, 1.54) is 23.3 Å². The quantitative estimate of drug-likeness (QED) is 0.340. The molecule has 1 aromatic carbocycles. The van der Waals surface area contributed by atoms with Gasteiger partial charge in [0.25, 0.3) is 11.8 Å². The van der Waals surface area contributed by atoms with Gasteiger partial charge >= 0.3 is 0 Å². The van der Waals surface area contributed by atoms with Crippen molar-refractivity contribution in [3.8, 4) is 11.6 Å². The first-order valence-corrected chi connectivity index (χ1v) is 14.3. The average molecular weight is 544 g/mol. The number of pyridine rings is 2. The molecule has 0 unspecified atom stereocenters. The van der Waals surface area contributed by atoms with Crippen molar-refractivity contribution in [3.05, 3.63) is 83.4 Å². The summed E-state index contributed by atoms with van der Waals surface area (Å²) >= 11 is 1.81. The second kappa shape index (κ2) is 11.9.